The molecule has 0 amide bonds. The van der Waals surface area contributed by atoms with Gasteiger partial charge < -0.3 is 15.1 Å². The maximum atomic E-state index is 11.6. The molecular weight excluding hydrogens is 374 g/mol. The van der Waals surface area contributed by atoms with Crippen LogP contribution in [-0.4, -0.2) is 63.4 Å². The Morgan fingerprint density at radius 3 is 2.64 bits per heavy atom. The highest BCUT2D eigenvalue weighted by Gasteiger charge is 2.28. The molecule has 0 radical (unpaired) electrons. The van der Waals surface area contributed by atoms with Crippen molar-refractivity contribution in [2.75, 3.05) is 37.8 Å². The molecule has 0 aromatic heterocycles. The zero-order valence-electron chi connectivity index (χ0n) is 16.0. The zero-order valence-corrected chi connectivity index (χ0v) is 16.8. The van der Waals surface area contributed by atoms with Crippen molar-refractivity contribution < 1.29 is 13.2 Å². The molecule has 1 aliphatic carbocycles. The topological polar surface area (TPSA) is 71.0 Å². The molecule has 28 heavy (non-hydrogen) atoms. The van der Waals surface area contributed by atoms with Crippen molar-refractivity contribution in [1.29, 1.82) is 0 Å². The third-order valence-corrected chi connectivity index (χ3v) is 7.22. The van der Waals surface area contributed by atoms with E-state index in [0.717, 1.165) is 39.1 Å². The van der Waals surface area contributed by atoms with Crippen LogP contribution in [0.2, 0.25) is 0 Å². The summed E-state index contributed by atoms with van der Waals surface area (Å²) in [5, 5.41) is 4.41. The predicted molar refractivity (Wildman–Crippen MR) is 112 cm³/mol. The molecule has 6 nitrogen and oxygen atoms in total. The molecule has 1 unspecified atom stereocenters. The Hall–Kier alpha value is -2.12. The lowest BCUT2D eigenvalue weighted by molar-refractivity contribution is 0.0548. The van der Waals surface area contributed by atoms with E-state index in [2.05, 4.69) is 45.8 Å². The van der Waals surface area contributed by atoms with Gasteiger partial charge in [0, 0.05) is 18.8 Å². The molecule has 2 fully saturated rings. The summed E-state index contributed by atoms with van der Waals surface area (Å²) in [6, 6.07) is 10.3. The molecule has 1 aromatic rings. The van der Waals surface area contributed by atoms with Gasteiger partial charge >= 0.3 is 0 Å². The van der Waals surface area contributed by atoms with Crippen molar-refractivity contribution in [1.82, 2.24) is 10.3 Å². The summed E-state index contributed by atoms with van der Waals surface area (Å²) in [7, 11) is -2.90. The highest BCUT2D eigenvalue weighted by molar-refractivity contribution is 7.91. The normalized spacial score (nSPS) is 26.5. The summed E-state index contributed by atoms with van der Waals surface area (Å²) in [6.45, 7) is 3.25. The fourth-order valence-corrected chi connectivity index (χ4v) is 5.70. The minimum Gasteiger partial charge on any atom is -0.378 e. The highest BCUT2D eigenvalue weighted by atomic mass is 32.2. The van der Waals surface area contributed by atoms with Crippen LogP contribution in [0.25, 0.3) is 6.08 Å². The standard InChI is InChI=1S/C21H27N3O3S/c25-28(26)13-8-20(16-28)23-22-15-19-7-6-18(14-17-4-2-1-3-5-17)21(19)24-9-11-27-12-10-24/h1-5,14-15,20,23H,6-13,16H2. The SMILES string of the molecule is O=S1(=O)CCC(NN=CC2=C(N3CCOCC3)C(=Cc3ccccc3)CC2)C1. The van der Waals surface area contributed by atoms with Crippen LogP contribution in [0.5, 0.6) is 0 Å². The number of benzene rings is 1. The van der Waals surface area contributed by atoms with E-state index >= 15 is 0 Å². The molecule has 7 heteroatoms. The van der Waals surface area contributed by atoms with Crippen molar-refractivity contribution in [2.24, 2.45) is 5.10 Å². The quantitative estimate of drug-likeness (QED) is 0.605. The third-order valence-electron chi connectivity index (χ3n) is 5.45. The Kier molecular flexibility index (Phi) is 5.82. The average molecular weight is 402 g/mol. The van der Waals surface area contributed by atoms with E-state index in [1.54, 1.807) is 0 Å². The average Bonchev–Trinajstić information content (AvgIpc) is 3.26. The smallest absolute Gasteiger partial charge is 0.152 e. The molecule has 4 rings (SSSR count). The maximum absolute atomic E-state index is 11.6. The molecule has 1 atom stereocenters. The number of morpholine rings is 1. The van der Waals surface area contributed by atoms with E-state index in [4.69, 9.17) is 4.74 Å². The first-order chi connectivity index (χ1) is 13.6. The third kappa shape index (κ3) is 4.64. The van der Waals surface area contributed by atoms with Gasteiger partial charge in [-0.05, 0) is 42.0 Å². The summed E-state index contributed by atoms with van der Waals surface area (Å²) in [5.41, 5.74) is 8.05. The van der Waals surface area contributed by atoms with Crippen LogP contribution in [-0.2, 0) is 14.6 Å². The van der Waals surface area contributed by atoms with Crippen LogP contribution in [0.4, 0.5) is 0 Å². The second kappa shape index (κ2) is 8.49. The van der Waals surface area contributed by atoms with Crippen LogP contribution >= 0.6 is 0 Å². The molecule has 0 spiro atoms. The van der Waals surface area contributed by atoms with Crippen LogP contribution in [0.1, 0.15) is 24.8 Å². The number of allylic oxidation sites excluding steroid dienone is 2. The number of hydrazone groups is 1. The fraction of sp³-hybridized carbons (Fsp3) is 0.476. The van der Waals surface area contributed by atoms with Gasteiger partial charge in [0.15, 0.2) is 9.84 Å². The molecule has 3 aliphatic rings. The van der Waals surface area contributed by atoms with Gasteiger partial charge in [-0.1, -0.05) is 30.3 Å². The summed E-state index contributed by atoms with van der Waals surface area (Å²) >= 11 is 0. The summed E-state index contributed by atoms with van der Waals surface area (Å²) in [5.74, 6) is 0.435. The lowest BCUT2D eigenvalue weighted by Gasteiger charge is -2.31. The van der Waals surface area contributed by atoms with Gasteiger partial charge in [-0.15, -0.1) is 0 Å². The number of sulfone groups is 1. The van der Waals surface area contributed by atoms with Gasteiger partial charge in [0.25, 0.3) is 0 Å². The van der Waals surface area contributed by atoms with Gasteiger partial charge in [-0.2, -0.15) is 5.10 Å². The Bertz CT molecular complexity index is 885. The lowest BCUT2D eigenvalue weighted by Crippen LogP contribution is -2.36. The van der Waals surface area contributed by atoms with Gasteiger partial charge in [0.1, 0.15) is 0 Å². The Balaban J connectivity index is 1.55. The molecule has 2 aliphatic heterocycles. The van der Waals surface area contributed by atoms with E-state index in [1.165, 1.54) is 22.4 Å². The van der Waals surface area contributed by atoms with Crippen molar-refractivity contribution in [3.63, 3.8) is 0 Å². The van der Waals surface area contributed by atoms with Gasteiger partial charge in [0.05, 0.1) is 37.0 Å². The van der Waals surface area contributed by atoms with Crippen LogP contribution < -0.4 is 5.43 Å². The lowest BCUT2D eigenvalue weighted by atomic mass is 10.1. The van der Waals surface area contributed by atoms with Gasteiger partial charge in [-0.25, -0.2) is 8.42 Å². The van der Waals surface area contributed by atoms with Gasteiger partial charge in [0.2, 0.25) is 0 Å². The molecule has 0 bridgehead atoms. The molecule has 0 saturated carbocycles. The number of hydrogen-bond acceptors (Lipinski definition) is 6. The minimum absolute atomic E-state index is 0.0746. The Labute approximate surface area is 166 Å². The molecular formula is C21H27N3O3S. The molecule has 1 N–H and O–H groups in total. The second-order valence-electron chi connectivity index (χ2n) is 7.54. The maximum Gasteiger partial charge on any atom is 0.152 e. The van der Waals surface area contributed by atoms with Crippen LogP contribution in [0.3, 0.4) is 0 Å². The number of nitrogens with one attached hydrogen (secondary N) is 1. The molecule has 2 heterocycles. The second-order valence-corrected chi connectivity index (χ2v) is 9.77. The van der Waals surface area contributed by atoms with E-state index in [1.807, 2.05) is 12.3 Å². The predicted octanol–water partition coefficient (Wildman–Crippen LogP) is 2.21. The minimum atomic E-state index is -2.90. The molecule has 150 valence electrons. The van der Waals surface area contributed by atoms with E-state index in [0.29, 0.717) is 6.42 Å². The van der Waals surface area contributed by atoms with Crippen molar-refractivity contribution in [3.05, 3.63) is 52.7 Å². The summed E-state index contributed by atoms with van der Waals surface area (Å²) in [6.07, 6.45) is 6.72. The van der Waals surface area contributed by atoms with Crippen LogP contribution in [0.15, 0.2) is 52.3 Å². The number of ether oxygens (including phenoxy) is 1. The van der Waals surface area contributed by atoms with Crippen LogP contribution in [0, 0.1) is 0 Å². The Morgan fingerprint density at radius 1 is 1.14 bits per heavy atom. The summed E-state index contributed by atoms with van der Waals surface area (Å²) in [4.78, 5) is 2.40. The van der Waals surface area contributed by atoms with E-state index < -0.39 is 9.84 Å². The van der Waals surface area contributed by atoms with Crippen molar-refractivity contribution >= 4 is 22.1 Å². The molecule has 1 aromatic carbocycles. The largest absolute Gasteiger partial charge is 0.378 e. The van der Waals surface area contributed by atoms with Gasteiger partial charge in [-0.3, -0.25) is 0 Å². The first-order valence-corrected chi connectivity index (χ1v) is 11.7. The molecule has 2 saturated heterocycles. The number of rotatable bonds is 5. The fourth-order valence-electron chi connectivity index (χ4n) is 4.04. The van der Waals surface area contributed by atoms with E-state index in [-0.39, 0.29) is 17.5 Å². The first-order valence-electron chi connectivity index (χ1n) is 9.91. The zero-order chi connectivity index (χ0) is 19.4. The van der Waals surface area contributed by atoms with Crippen molar-refractivity contribution in [3.8, 4) is 0 Å². The van der Waals surface area contributed by atoms with E-state index in [9.17, 15) is 8.42 Å². The first kappa shape index (κ1) is 19.2. The Morgan fingerprint density at radius 2 is 1.93 bits per heavy atom. The van der Waals surface area contributed by atoms with Crippen molar-refractivity contribution in [2.45, 2.75) is 25.3 Å². The number of nitrogens with zero attached hydrogens (tertiary/aromatic N) is 2. The number of hydrogen-bond donors (Lipinski definition) is 1. The monoisotopic (exact) mass is 401 g/mol. The highest BCUT2D eigenvalue weighted by Crippen LogP contribution is 2.35. The summed E-state index contributed by atoms with van der Waals surface area (Å²) < 4.78 is 28.7.